The number of anilines is 3. The number of carbonyl (C=O) groups excluding carboxylic acids is 2. The van der Waals surface area contributed by atoms with Crippen LogP contribution in [0, 0.1) is 0 Å². The average Bonchev–Trinajstić information content (AvgIpc) is 3.29. The van der Waals surface area contributed by atoms with Crippen LogP contribution < -0.4 is 21.1 Å². The van der Waals surface area contributed by atoms with Gasteiger partial charge < -0.3 is 25.8 Å². The molecule has 2 aromatic heterocycles. The summed E-state index contributed by atoms with van der Waals surface area (Å²) in [4.78, 5) is 29.0. The lowest BCUT2D eigenvalue weighted by Crippen LogP contribution is -2.14. The van der Waals surface area contributed by atoms with Gasteiger partial charge in [-0.05, 0) is 23.8 Å². The van der Waals surface area contributed by atoms with E-state index in [0.717, 1.165) is 5.56 Å². The van der Waals surface area contributed by atoms with Crippen LogP contribution in [0.1, 0.15) is 15.9 Å². The van der Waals surface area contributed by atoms with Crippen molar-refractivity contribution in [1.29, 1.82) is 0 Å². The number of aromatic nitrogens is 3. The Balaban J connectivity index is 1.47. The Kier molecular flexibility index (Phi) is 7.89. The molecule has 2 heterocycles. The smallest absolute Gasteiger partial charge is 0.254 e. The number of ether oxygens (including phenoxy) is 2. The minimum absolute atomic E-state index is 0.126. The zero-order chi connectivity index (χ0) is 25.3. The van der Waals surface area contributed by atoms with Gasteiger partial charge in [-0.15, -0.1) is 0 Å². The Morgan fingerprint density at radius 2 is 1.75 bits per heavy atom. The Morgan fingerprint density at radius 1 is 0.972 bits per heavy atom. The van der Waals surface area contributed by atoms with Crippen molar-refractivity contribution in [3.63, 3.8) is 0 Å². The molecule has 0 atom stereocenters. The van der Waals surface area contributed by atoms with Crippen LogP contribution in [-0.2, 0) is 16.0 Å². The van der Waals surface area contributed by atoms with Crippen LogP contribution in [0.3, 0.4) is 0 Å². The highest BCUT2D eigenvalue weighted by molar-refractivity contribution is 6.04. The maximum Gasteiger partial charge on any atom is 0.254 e. The number of aromatic amines is 1. The minimum atomic E-state index is -0.658. The fraction of sp³-hybridized carbons (Fsp3) is 0.154. The number of amides is 2. The molecule has 0 saturated carbocycles. The van der Waals surface area contributed by atoms with E-state index in [0.29, 0.717) is 47.7 Å². The summed E-state index contributed by atoms with van der Waals surface area (Å²) in [6.45, 7) is 0.793. The highest BCUT2D eigenvalue weighted by Crippen LogP contribution is 2.29. The van der Waals surface area contributed by atoms with Gasteiger partial charge in [0.05, 0.1) is 13.0 Å². The van der Waals surface area contributed by atoms with Gasteiger partial charge in [-0.25, -0.2) is 0 Å². The Bertz CT molecular complexity index is 1320. The number of benzene rings is 2. The first-order valence-electron chi connectivity index (χ1n) is 11.2. The Morgan fingerprint density at radius 3 is 2.47 bits per heavy atom. The maximum absolute atomic E-state index is 12.3. The lowest BCUT2D eigenvalue weighted by molar-refractivity contribution is -0.115. The molecule has 0 aliphatic carbocycles. The monoisotopic (exact) mass is 486 g/mol. The third kappa shape index (κ3) is 6.24. The topological polar surface area (TPSA) is 144 Å². The van der Waals surface area contributed by atoms with Gasteiger partial charge in [0.2, 0.25) is 11.8 Å². The molecule has 0 bridgehead atoms. The lowest BCUT2D eigenvalue weighted by atomic mass is 10.1. The van der Waals surface area contributed by atoms with Crippen LogP contribution in [0.25, 0.3) is 11.3 Å². The van der Waals surface area contributed by atoms with E-state index in [9.17, 15) is 9.59 Å². The third-order valence-corrected chi connectivity index (χ3v) is 5.18. The van der Waals surface area contributed by atoms with E-state index in [1.54, 1.807) is 49.6 Å². The molecule has 0 radical (unpaired) electrons. The number of primary amides is 1. The van der Waals surface area contributed by atoms with Crippen molar-refractivity contribution in [2.45, 2.75) is 6.42 Å². The van der Waals surface area contributed by atoms with Gasteiger partial charge >= 0.3 is 0 Å². The summed E-state index contributed by atoms with van der Waals surface area (Å²) in [6, 6.07) is 21.7. The molecule has 0 saturated heterocycles. The summed E-state index contributed by atoms with van der Waals surface area (Å²) in [5.41, 5.74) is 8.44. The van der Waals surface area contributed by atoms with Crippen LogP contribution in [0.15, 0.2) is 72.8 Å². The molecule has 184 valence electrons. The molecular formula is C26H26N6O4. The number of nitrogens with one attached hydrogen (secondary N) is 3. The van der Waals surface area contributed by atoms with E-state index < -0.39 is 5.91 Å². The van der Waals surface area contributed by atoms with E-state index in [1.807, 2.05) is 30.3 Å². The standard InChI is InChI=1S/C26H26N6O4/c1-35-14-15-36-22-9-5-8-20(29-22)30-26-23(25(27)34)24(31-32-26)18-10-12-19(13-11-18)28-21(33)16-17-6-3-2-4-7-17/h2-13H,14-16H2,1H3,(H2,27,34)(H,28,33)(H2,29,30,31,32). The molecule has 0 aliphatic rings. The van der Waals surface area contributed by atoms with Gasteiger partial charge in [0.25, 0.3) is 5.91 Å². The van der Waals surface area contributed by atoms with Crippen LogP contribution in [0.2, 0.25) is 0 Å². The molecule has 0 aliphatic heterocycles. The lowest BCUT2D eigenvalue weighted by Gasteiger charge is -2.09. The normalized spacial score (nSPS) is 10.6. The Hall–Kier alpha value is -4.70. The second-order valence-corrected chi connectivity index (χ2v) is 7.80. The molecule has 4 rings (SSSR count). The molecule has 2 amide bonds. The van der Waals surface area contributed by atoms with Crippen molar-refractivity contribution < 1.29 is 19.1 Å². The summed E-state index contributed by atoms with van der Waals surface area (Å²) in [5.74, 6) is 0.369. The van der Waals surface area contributed by atoms with Crippen LogP contribution in [0.4, 0.5) is 17.3 Å². The molecule has 36 heavy (non-hydrogen) atoms. The summed E-state index contributed by atoms with van der Waals surface area (Å²) in [5, 5.41) is 13.0. The molecule has 5 N–H and O–H groups in total. The third-order valence-electron chi connectivity index (χ3n) is 5.18. The quantitative estimate of drug-likeness (QED) is 0.237. The fourth-order valence-electron chi connectivity index (χ4n) is 3.50. The number of nitrogens with zero attached hydrogens (tertiary/aromatic N) is 2. The van der Waals surface area contributed by atoms with Crippen LogP contribution >= 0.6 is 0 Å². The zero-order valence-corrected chi connectivity index (χ0v) is 19.7. The summed E-state index contributed by atoms with van der Waals surface area (Å²) in [7, 11) is 1.59. The van der Waals surface area contributed by atoms with Crippen molar-refractivity contribution in [1.82, 2.24) is 15.2 Å². The van der Waals surface area contributed by atoms with E-state index >= 15 is 0 Å². The molecule has 0 unspecified atom stereocenters. The number of pyridine rings is 1. The zero-order valence-electron chi connectivity index (χ0n) is 19.7. The molecule has 0 fully saturated rings. The summed E-state index contributed by atoms with van der Waals surface area (Å²) in [6.07, 6.45) is 0.273. The molecular weight excluding hydrogens is 460 g/mol. The minimum Gasteiger partial charge on any atom is -0.475 e. The molecule has 4 aromatic rings. The first-order valence-corrected chi connectivity index (χ1v) is 11.2. The molecule has 10 nitrogen and oxygen atoms in total. The number of methoxy groups -OCH3 is 1. The Labute approximate surface area is 207 Å². The van der Waals surface area contributed by atoms with Gasteiger partial charge in [0, 0.05) is 24.4 Å². The SMILES string of the molecule is COCCOc1cccc(Nc2[nH]nc(-c3ccc(NC(=O)Cc4ccccc4)cc3)c2C(N)=O)n1. The molecule has 0 spiro atoms. The second kappa shape index (κ2) is 11.6. The van der Waals surface area contributed by atoms with Crippen molar-refractivity contribution in [3.05, 3.63) is 83.9 Å². The van der Waals surface area contributed by atoms with Gasteiger partial charge in [-0.3, -0.25) is 14.7 Å². The van der Waals surface area contributed by atoms with Crippen LogP contribution in [-0.4, -0.2) is 47.3 Å². The van der Waals surface area contributed by atoms with E-state index in [2.05, 4.69) is 25.8 Å². The summed E-state index contributed by atoms with van der Waals surface area (Å²) >= 11 is 0. The van der Waals surface area contributed by atoms with Crippen molar-refractivity contribution in [3.8, 4) is 17.1 Å². The van der Waals surface area contributed by atoms with E-state index in [4.69, 9.17) is 15.2 Å². The van der Waals surface area contributed by atoms with Gasteiger partial charge in [-0.2, -0.15) is 10.1 Å². The molecule has 2 aromatic carbocycles. The number of hydrogen-bond donors (Lipinski definition) is 4. The highest BCUT2D eigenvalue weighted by Gasteiger charge is 2.20. The van der Waals surface area contributed by atoms with Gasteiger partial charge in [0.15, 0.2) is 0 Å². The first-order chi connectivity index (χ1) is 17.5. The van der Waals surface area contributed by atoms with Gasteiger partial charge in [0.1, 0.15) is 29.5 Å². The summed E-state index contributed by atoms with van der Waals surface area (Å²) < 4.78 is 10.5. The number of rotatable bonds is 11. The number of carbonyl (C=O) groups is 2. The van der Waals surface area contributed by atoms with Crippen molar-refractivity contribution >= 4 is 29.1 Å². The maximum atomic E-state index is 12.3. The average molecular weight is 487 g/mol. The number of hydrogen-bond acceptors (Lipinski definition) is 7. The van der Waals surface area contributed by atoms with Crippen molar-refractivity contribution in [2.24, 2.45) is 5.73 Å². The first kappa shape index (κ1) is 24.4. The number of H-pyrrole nitrogens is 1. The predicted molar refractivity (Wildman–Crippen MR) is 136 cm³/mol. The van der Waals surface area contributed by atoms with Gasteiger partial charge in [-0.1, -0.05) is 48.5 Å². The fourth-order valence-corrected chi connectivity index (χ4v) is 3.50. The number of nitrogens with two attached hydrogens (primary N) is 1. The van der Waals surface area contributed by atoms with E-state index in [-0.39, 0.29) is 17.9 Å². The predicted octanol–water partition coefficient (Wildman–Crippen LogP) is 3.52. The van der Waals surface area contributed by atoms with Crippen LogP contribution in [0.5, 0.6) is 5.88 Å². The molecule has 10 heteroatoms. The highest BCUT2D eigenvalue weighted by atomic mass is 16.5. The second-order valence-electron chi connectivity index (χ2n) is 7.80. The van der Waals surface area contributed by atoms with Crippen molar-refractivity contribution in [2.75, 3.05) is 31.0 Å². The van der Waals surface area contributed by atoms with E-state index in [1.165, 1.54) is 0 Å². The largest absolute Gasteiger partial charge is 0.475 e.